The predicted octanol–water partition coefficient (Wildman–Crippen LogP) is 2.83. The number of nitrogens with zero attached hydrogens (tertiary/aromatic N) is 2. The lowest BCUT2D eigenvalue weighted by Gasteiger charge is -2.22. The lowest BCUT2D eigenvalue weighted by Crippen LogP contribution is -2.11. The van der Waals surface area contributed by atoms with Crippen molar-refractivity contribution in [2.45, 2.75) is 13.8 Å². The van der Waals surface area contributed by atoms with Crippen molar-refractivity contribution in [3.05, 3.63) is 48.1 Å². The van der Waals surface area contributed by atoms with Gasteiger partial charge in [0, 0.05) is 37.1 Å². The van der Waals surface area contributed by atoms with E-state index in [1.54, 1.807) is 0 Å². The maximum atomic E-state index is 4.20. The van der Waals surface area contributed by atoms with Gasteiger partial charge >= 0.3 is 0 Å². The first-order valence-corrected chi connectivity index (χ1v) is 5.21. The fourth-order valence-corrected chi connectivity index (χ4v) is 1.83. The topological polar surface area (TPSA) is 16.1 Å². The molecule has 1 atom stereocenters. The van der Waals surface area contributed by atoms with Crippen LogP contribution in [-0.4, -0.2) is 16.9 Å². The van der Waals surface area contributed by atoms with E-state index in [1.807, 2.05) is 19.4 Å². The molecule has 15 heavy (non-hydrogen) atoms. The highest BCUT2D eigenvalue weighted by Crippen LogP contribution is 2.29. The third-order valence-electron chi connectivity index (χ3n) is 2.79. The molecule has 0 aromatic carbocycles. The summed E-state index contributed by atoms with van der Waals surface area (Å²) in [6.07, 6.45) is 10.3. The Morgan fingerprint density at radius 2 is 2.20 bits per heavy atom. The maximum absolute atomic E-state index is 4.20. The van der Waals surface area contributed by atoms with E-state index in [1.165, 1.54) is 16.7 Å². The Morgan fingerprint density at radius 3 is 2.93 bits per heavy atom. The van der Waals surface area contributed by atoms with Gasteiger partial charge in [-0.05, 0) is 30.3 Å². The summed E-state index contributed by atoms with van der Waals surface area (Å²) < 4.78 is 0. The van der Waals surface area contributed by atoms with E-state index in [-0.39, 0.29) is 0 Å². The molecule has 1 aromatic rings. The number of pyridine rings is 1. The number of rotatable bonds is 1. The molecule has 2 heteroatoms. The van der Waals surface area contributed by atoms with Gasteiger partial charge in [-0.25, -0.2) is 0 Å². The second-order valence-electron chi connectivity index (χ2n) is 4.07. The highest BCUT2D eigenvalue weighted by Gasteiger charge is 2.14. The summed E-state index contributed by atoms with van der Waals surface area (Å²) >= 11 is 0. The highest BCUT2D eigenvalue weighted by atomic mass is 15.1. The van der Waals surface area contributed by atoms with Crippen LogP contribution in [0.3, 0.4) is 0 Å². The standard InChI is InChI=1S/C13H16N2/c1-10-4-6-14-8-12(10)13-9-15(3)7-5-11(13)2/h4-9,11H,1-3H3. The van der Waals surface area contributed by atoms with Crippen LogP contribution in [0, 0.1) is 12.8 Å². The fourth-order valence-electron chi connectivity index (χ4n) is 1.83. The summed E-state index contributed by atoms with van der Waals surface area (Å²) in [5.74, 6) is 0.462. The Hall–Kier alpha value is -1.57. The van der Waals surface area contributed by atoms with Gasteiger partial charge in [0.1, 0.15) is 0 Å². The molecule has 0 amide bonds. The largest absolute Gasteiger partial charge is 0.357 e. The molecule has 1 aromatic heterocycles. The maximum Gasteiger partial charge on any atom is 0.0346 e. The predicted molar refractivity (Wildman–Crippen MR) is 63.0 cm³/mol. The quantitative estimate of drug-likeness (QED) is 0.693. The van der Waals surface area contributed by atoms with Crippen LogP contribution in [0.2, 0.25) is 0 Å². The van der Waals surface area contributed by atoms with Crippen LogP contribution >= 0.6 is 0 Å². The summed E-state index contributed by atoms with van der Waals surface area (Å²) in [6.45, 7) is 4.34. The Balaban J connectivity index is 2.43. The second kappa shape index (κ2) is 3.89. The van der Waals surface area contributed by atoms with Crippen molar-refractivity contribution in [2.24, 2.45) is 5.92 Å². The average Bonchev–Trinajstić information content (AvgIpc) is 2.23. The smallest absolute Gasteiger partial charge is 0.0346 e. The van der Waals surface area contributed by atoms with Crippen LogP contribution in [0.1, 0.15) is 18.1 Å². The molecule has 0 aliphatic carbocycles. The van der Waals surface area contributed by atoms with Gasteiger partial charge in [0.25, 0.3) is 0 Å². The summed E-state index contributed by atoms with van der Waals surface area (Å²) in [6, 6.07) is 2.06. The van der Waals surface area contributed by atoms with Crippen LogP contribution in [-0.2, 0) is 0 Å². The van der Waals surface area contributed by atoms with Gasteiger partial charge in [-0.2, -0.15) is 0 Å². The van der Waals surface area contributed by atoms with Crippen LogP contribution in [0.4, 0.5) is 0 Å². The highest BCUT2D eigenvalue weighted by molar-refractivity contribution is 5.70. The van der Waals surface area contributed by atoms with Gasteiger partial charge in [-0.1, -0.05) is 13.0 Å². The molecule has 1 aliphatic rings. The lowest BCUT2D eigenvalue weighted by atomic mass is 9.91. The Labute approximate surface area is 90.9 Å². The van der Waals surface area contributed by atoms with Crippen LogP contribution in [0.15, 0.2) is 36.9 Å². The molecule has 2 nitrogen and oxygen atoms in total. The minimum atomic E-state index is 0.462. The van der Waals surface area contributed by atoms with Gasteiger partial charge in [-0.15, -0.1) is 0 Å². The van der Waals surface area contributed by atoms with Gasteiger partial charge in [-0.3, -0.25) is 4.98 Å². The third kappa shape index (κ3) is 1.94. The van der Waals surface area contributed by atoms with Crippen LogP contribution in [0.25, 0.3) is 5.57 Å². The third-order valence-corrected chi connectivity index (χ3v) is 2.79. The van der Waals surface area contributed by atoms with Crippen molar-refractivity contribution >= 4 is 5.57 Å². The molecule has 1 unspecified atom stereocenters. The van der Waals surface area contributed by atoms with Crippen molar-refractivity contribution < 1.29 is 0 Å². The zero-order chi connectivity index (χ0) is 10.8. The molecule has 0 saturated carbocycles. The summed E-state index contributed by atoms with van der Waals surface area (Å²) in [7, 11) is 2.05. The zero-order valence-corrected chi connectivity index (χ0v) is 9.44. The van der Waals surface area contributed by atoms with Crippen LogP contribution in [0.5, 0.6) is 0 Å². The van der Waals surface area contributed by atoms with E-state index >= 15 is 0 Å². The molecule has 2 heterocycles. The number of hydrogen-bond acceptors (Lipinski definition) is 2. The second-order valence-corrected chi connectivity index (χ2v) is 4.07. The van der Waals surface area contributed by atoms with Crippen molar-refractivity contribution in [1.82, 2.24) is 9.88 Å². The van der Waals surface area contributed by atoms with E-state index in [2.05, 4.69) is 48.3 Å². The molecular weight excluding hydrogens is 184 g/mol. The van der Waals surface area contributed by atoms with E-state index in [9.17, 15) is 0 Å². The SMILES string of the molecule is Cc1ccncc1C1=CN(C)C=CC1C. The minimum absolute atomic E-state index is 0.462. The van der Waals surface area contributed by atoms with Crippen molar-refractivity contribution in [2.75, 3.05) is 7.05 Å². The van der Waals surface area contributed by atoms with Crippen LogP contribution < -0.4 is 0 Å². The Morgan fingerprint density at radius 1 is 1.40 bits per heavy atom. The summed E-state index contributed by atoms with van der Waals surface area (Å²) in [5.41, 5.74) is 3.87. The monoisotopic (exact) mass is 200 g/mol. The van der Waals surface area contributed by atoms with E-state index in [4.69, 9.17) is 0 Å². The number of hydrogen-bond donors (Lipinski definition) is 0. The first-order valence-electron chi connectivity index (χ1n) is 5.21. The summed E-state index contributed by atoms with van der Waals surface area (Å²) in [5, 5.41) is 0. The molecule has 1 aliphatic heterocycles. The number of aryl methyl sites for hydroxylation is 1. The molecule has 2 rings (SSSR count). The van der Waals surface area contributed by atoms with Crippen molar-refractivity contribution in [3.63, 3.8) is 0 Å². The first-order chi connectivity index (χ1) is 7.18. The number of aromatic nitrogens is 1. The lowest BCUT2D eigenvalue weighted by molar-refractivity contribution is 0.602. The molecule has 78 valence electrons. The van der Waals surface area contributed by atoms with E-state index in [0.717, 1.165) is 0 Å². The first kappa shape index (κ1) is 9.97. The summed E-state index contributed by atoms with van der Waals surface area (Å²) in [4.78, 5) is 6.28. The van der Waals surface area contributed by atoms with Crippen molar-refractivity contribution in [1.29, 1.82) is 0 Å². The zero-order valence-electron chi connectivity index (χ0n) is 9.44. The normalized spacial score (nSPS) is 20.3. The van der Waals surface area contributed by atoms with Gasteiger partial charge < -0.3 is 4.90 Å². The van der Waals surface area contributed by atoms with E-state index < -0.39 is 0 Å². The molecule has 0 saturated heterocycles. The minimum Gasteiger partial charge on any atom is -0.357 e. The van der Waals surface area contributed by atoms with Crippen molar-refractivity contribution in [3.8, 4) is 0 Å². The Bertz CT molecular complexity index is 418. The molecular formula is C13H16N2. The number of allylic oxidation sites excluding steroid dienone is 2. The van der Waals surface area contributed by atoms with Gasteiger partial charge in [0.05, 0.1) is 0 Å². The molecule has 0 bridgehead atoms. The average molecular weight is 200 g/mol. The Kier molecular flexibility index (Phi) is 2.58. The molecule has 0 N–H and O–H groups in total. The molecule has 0 fully saturated rings. The fraction of sp³-hybridized carbons (Fsp3) is 0.308. The molecule has 0 radical (unpaired) electrons. The molecule has 0 spiro atoms. The van der Waals surface area contributed by atoms with Gasteiger partial charge in [0.15, 0.2) is 0 Å². The van der Waals surface area contributed by atoms with Gasteiger partial charge in [0.2, 0.25) is 0 Å². The van der Waals surface area contributed by atoms with E-state index in [0.29, 0.717) is 5.92 Å².